The van der Waals surface area contributed by atoms with Crippen LogP contribution in [0.25, 0.3) is 0 Å². The summed E-state index contributed by atoms with van der Waals surface area (Å²) in [7, 11) is -4.38. The molecule has 8 nitrogen and oxygen atoms in total. The summed E-state index contributed by atoms with van der Waals surface area (Å²) in [6.45, 7) is 1.53. The van der Waals surface area contributed by atoms with Crippen LogP contribution in [0.2, 0.25) is 0 Å². The fourth-order valence-electron chi connectivity index (χ4n) is 1.94. The number of nitro benzene ring substituents is 1. The van der Waals surface area contributed by atoms with E-state index in [1.54, 1.807) is 6.07 Å². The molecule has 2 aromatic rings. The van der Waals surface area contributed by atoms with Crippen LogP contribution in [-0.4, -0.2) is 17.9 Å². The third-order valence-electron chi connectivity index (χ3n) is 3.06. The largest absolute Gasteiger partial charge is 0.398 e. The second-order valence-corrected chi connectivity index (χ2v) is 7.28. The normalized spacial score (nSPS) is 11.3. The molecule has 23 heavy (non-hydrogen) atoms. The third kappa shape index (κ3) is 3.89. The molecule has 0 aliphatic carbocycles. The van der Waals surface area contributed by atoms with Gasteiger partial charge >= 0.3 is 0 Å². The van der Waals surface area contributed by atoms with Crippen molar-refractivity contribution in [2.75, 3.05) is 11.1 Å². The maximum Gasteiger partial charge on any atom is 0.294 e. The fourth-order valence-corrected chi connectivity index (χ4v) is 3.16. The van der Waals surface area contributed by atoms with Gasteiger partial charge in [0.2, 0.25) is 0 Å². The standard InChI is InChI=1S/C13H12IN3O5S/c1-7-2-3-8(4-13(7)23(20,21)22)16-11-5-9(14)10(15)6-12(11)17(18)19/h2-6,16H,15H2,1H3,(H,20,21,22). The third-order valence-corrected chi connectivity index (χ3v) is 4.99. The van der Waals surface area contributed by atoms with Crippen LogP contribution in [-0.2, 0) is 10.1 Å². The summed E-state index contributed by atoms with van der Waals surface area (Å²) in [6, 6.07) is 6.96. The Bertz CT molecular complexity index is 899. The van der Waals surface area contributed by atoms with Crippen molar-refractivity contribution in [1.29, 1.82) is 0 Å². The van der Waals surface area contributed by atoms with Gasteiger partial charge in [-0.15, -0.1) is 0 Å². The maximum absolute atomic E-state index is 11.3. The van der Waals surface area contributed by atoms with E-state index in [9.17, 15) is 23.1 Å². The second kappa shape index (κ2) is 6.29. The van der Waals surface area contributed by atoms with Crippen LogP contribution in [0.3, 0.4) is 0 Å². The van der Waals surface area contributed by atoms with E-state index in [0.29, 0.717) is 9.13 Å². The Kier molecular flexibility index (Phi) is 4.77. The predicted molar refractivity (Wildman–Crippen MR) is 94.5 cm³/mol. The number of nitrogens with two attached hydrogens (primary N) is 1. The molecule has 0 fully saturated rings. The van der Waals surface area contributed by atoms with Crippen LogP contribution in [0, 0.1) is 20.6 Å². The first kappa shape index (κ1) is 17.4. The van der Waals surface area contributed by atoms with E-state index < -0.39 is 15.0 Å². The van der Waals surface area contributed by atoms with Crippen LogP contribution in [0.5, 0.6) is 0 Å². The van der Waals surface area contributed by atoms with Crippen molar-refractivity contribution in [2.24, 2.45) is 0 Å². The number of nitrogens with one attached hydrogen (secondary N) is 1. The summed E-state index contributed by atoms with van der Waals surface area (Å²) in [5, 5.41) is 13.9. The average molecular weight is 449 g/mol. The minimum atomic E-state index is -4.38. The summed E-state index contributed by atoms with van der Waals surface area (Å²) in [5.41, 5.74) is 6.51. The van der Waals surface area contributed by atoms with E-state index in [0.717, 1.165) is 0 Å². The Balaban J connectivity index is 2.52. The highest BCUT2D eigenvalue weighted by Crippen LogP contribution is 2.33. The van der Waals surface area contributed by atoms with Crippen molar-refractivity contribution in [3.05, 3.63) is 49.6 Å². The number of halogens is 1. The topological polar surface area (TPSA) is 136 Å². The van der Waals surface area contributed by atoms with Crippen LogP contribution in [0.1, 0.15) is 5.56 Å². The number of benzene rings is 2. The van der Waals surface area contributed by atoms with E-state index >= 15 is 0 Å². The maximum atomic E-state index is 11.3. The predicted octanol–water partition coefficient (Wildman–Crippen LogP) is 3.08. The van der Waals surface area contributed by atoms with Gasteiger partial charge in [-0.3, -0.25) is 14.7 Å². The molecule has 0 atom stereocenters. The highest BCUT2D eigenvalue weighted by Gasteiger charge is 2.18. The van der Waals surface area contributed by atoms with Crippen LogP contribution in [0.4, 0.5) is 22.7 Å². The van der Waals surface area contributed by atoms with Crippen molar-refractivity contribution in [3.8, 4) is 0 Å². The van der Waals surface area contributed by atoms with Crippen molar-refractivity contribution in [2.45, 2.75) is 11.8 Å². The lowest BCUT2D eigenvalue weighted by atomic mass is 10.2. The zero-order valence-electron chi connectivity index (χ0n) is 11.8. The van der Waals surface area contributed by atoms with E-state index in [4.69, 9.17) is 5.73 Å². The lowest BCUT2D eigenvalue weighted by Crippen LogP contribution is -2.04. The van der Waals surface area contributed by atoms with Gasteiger partial charge in [-0.1, -0.05) is 6.07 Å². The van der Waals surface area contributed by atoms with E-state index in [1.807, 2.05) is 22.6 Å². The van der Waals surface area contributed by atoms with Crippen molar-refractivity contribution < 1.29 is 17.9 Å². The molecule has 122 valence electrons. The summed E-state index contributed by atoms with van der Waals surface area (Å²) >= 11 is 1.93. The number of aryl methyl sites for hydroxylation is 1. The van der Waals surface area contributed by atoms with Gasteiger partial charge in [-0.25, -0.2) is 0 Å². The van der Waals surface area contributed by atoms with Crippen LogP contribution in [0.15, 0.2) is 35.2 Å². The highest BCUT2D eigenvalue weighted by atomic mass is 127. The Morgan fingerprint density at radius 2 is 1.96 bits per heavy atom. The zero-order valence-corrected chi connectivity index (χ0v) is 14.8. The van der Waals surface area contributed by atoms with Gasteiger partial charge in [0, 0.05) is 15.3 Å². The number of nitrogen functional groups attached to an aromatic ring is 1. The van der Waals surface area contributed by atoms with Gasteiger partial charge in [-0.05, 0) is 53.3 Å². The molecule has 0 aromatic heterocycles. The molecule has 2 aromatic carbocycles. The van der Waals surface area contributed by atoms with E-state index in [2.05, 4.69) is 5.32 Å². The average Bonchev–Trinajstić information content (AvgIpc) is 2.43. The van der Waals surface area contributed by atoms with Gasteiger partial charge in [0.1, 0.15) is 5.69 Å². The van der Waals surface area contributed by atoms with E-state index in [-0.39, 0.29) is 27.6 Å². The number of hydrogen-bond acceptors (Lipinski definition) is 6. The molecule has 0 radical (unpaired) electrons. The minimum absolute atomic E-state index is 0.166. The molecule has 0 amide bonds. The summed E-state index contributed by atoms with van der Waals surface area (Å²) in [5.74, 6) is 0. The fraction of sp³-hybridized carbons (Fsp3) is 0.0769. The SMILES string of the molecule is Cc1ccc(Nc2cc(I)c(N)cc2[N+](=O)[O-])cc1S(=O)(=O)O. The Morgan fingerprint density at radius 1 is 1.30 bits per heavy atom. The molecule has 0 spiro atoms. The number of nitrogens with zero attached hydrogens (tertiary/aromatic N) is 1. The zero-order chi connectivity index (χ0) is 17.4. The van der Waals surface area contributed by atoms with Crippen LogP contribution >= 0.6 is 22.6 Å². The smallest absolute Gasteiger partial charge is 0.294 e. The summed E-state index contributed by atoms with van der Waals surface area (Å²) in [4.78, 5) is 10.3. The molecule has 0 saturated carbocycles. The molecule has 0 saturated heterocycles. The number of rotatable bonds is 4. The summed E-state index contributed by atoms with van der Waals surface area (Å²) in [6.07, 6.45) is 0. The first-order chi connectivity index (χ1) is 10.6. The Morgan fingerprint density at radius 3 is 2.52 bits per heavy atom. The molecular formula is C13H12IN3O5S. The van der Waals surface area contributed by atoms with Crippen molar-refractivity contribution >= 4 is 55.5 Å². The number of hydrogen-bond donors (Lipinski definition) is 3. The van der Waals surface area contributed by atoms with Crippen LogP contribution < -0.4 is 11.1 Å². The minimum Gasteiger partial charge on any atom is -0.398 e. The Hall–Kier alpha value is -1.92. The van der Waals surface area contributed by atoms with Gasteiger partial charge in [-0.2, -0.15) is 8.42 Å². The quantitative estimate of drug-likeness (QED) is 0.215. The van der Waals surface area contributed by atoms with Gasteiger partial charge in [0.15, 0.2) is 0 Å². The van der Waals surface area contributed by atoms with Crippen molar-refractivity contribution in [3.63, 3.8) is 0 Å². The first-order valence-corrected chi connectivity index (χ1v) is 8.70. The lowest BCUT2D eigenvalue weighted by molar-refractivity contribution is -0.383. The second-order valence-electron chi connectivity index (χ2n) is 4.73. The summed E-state index contributed by atoms with van der Waals surface area (Å²) < 4.78 is 32.5. The number of nitro groups is 1. The van der Waals surface area contributed by atoms with Crippen molar-refractivity contribution in [1.82, 2.24) is 0 Å². The molecule has 0 aliphatic rings. The van der Waals surface area contributed by atoms with Gasteiger partial charge in [0.05, 0.1) is 15.5 Å². The molecule has 0 aliphatic heterocycles. The molecule has 2 rings (SSSR count). The Labute approximate surface area is 145 Å². The van der Waals surface area contributed by atoms with Gasteiger partial charge < -0.3 is 11.1 Å². The molecular weight excluding hydrogens is 437 g/mol. The molecule has 0 bridgehead atoms. The number of anilines is 3. The molecule has 4 N–H and O–H groups in total. The monoisotopic (exact) mass is 449 g/mol. The van der Waals surface area contributed by atoms with E-state index in [1.165, 1.54) is 31.2 Å². The molecule has 0 unspecified atom stereocenters. The highest BCUT2D eigenvalue weighted by molar-refractivity contribution is 14.1. The first-order valence-electron chi connectivity index (χ1n) is 6.18. The van der Waals surface area contributed by atoms with Gasteiger partial charge in [0.25, 0.3) is 15.8 Å². The molecule has 0 heterocycles. The lowest BCUT2D eigenvalue weighted by Gasteiger charge is -2.11. The molecule has 10 heteroatoms.